The van der Waals surface area contributed by atoms with Gasteiger partial charge in [0.2, 0.25) is 11.8 Å². The molecule has 0 radical (unpaired) electrons. The summed E-state index contributed by atoms with van der Waals surface area (Å²) < 4.78 is 20.4. The largest absolute Gasteiger partial charge is 0.453 e. The average Bonchev–Trinajstić information content (AvgIpc) is 3.85. The Labute approximate surface area is 302 Å². The van der Waals surface area contributed by atoms with E-state index >= 15 is 0 Å². The van der Waals surface area contributed by atoms with E-state index in [-0.39, 0.29) is 0 Å². The van der Waals surface area contributed by atoms with Crippen LogP contribution in [0.5, 0.6) is 11.5 Å². The van der Waals surface area contributed by atoms with E-state index in [0.29, 0.717) is 39.7 Å². The first-order valence-electron chi connectivity index (χ1n) is 17.0. The minimum absolute atomic E-state index is 0.497. The number of benzene rings is 7. The van der Waals surface area contributed by atoms with Crippen molar-refractivity contribution in [3.8, 4) is 34.4 Å². The van der Waals surface area contributed by atoms with Gasteiger partial charge in [-0.2, -0.15) is 0 Å². The Balaban J connectivity index is 1.32. The fraction of sp³-hybridized carbons (Fsp3) is 0. The number of ether oxygens (including phenoxy) is 1. The van der Waals surface area contributed by atoms with Gasteiger partial charge in [-0.25, -0.2) is 9.97 Å². The van der Waals surface area contributed by atoms with E-state index in [9.17, 15) is 0 Å². The summed E-state index contributed by atoms with van der Waals surface area (Å²) in [5.41, 5.74) is 9.39. The third-order valence-electron chi connectivity index (χ3n) is 9.49. The SMILES string of the molecule is c1ccc(-c2nc3c(N4c5ccccc5Sc5ccccc54)c4oc(-c5ccccc5)nc4c(N4c5ccccc5Oc5ccccc54)c3o2)cc1. The maximum Gasteiger partial charge on any atom is 0.227 e. The van der Waals surface area contributed by atoms with Crippen LogP contribution in [0.25, 0.3) is 45.1 Å². The topological polar surface area (TPSA) is 67.8 Å². The number of oxazole rings is 2. The molecule has 0 N–H and O–H groups in total. The van der Waals surface area contributed by atoms with Gasteiger partial charge in [0.05, 0.1) is 22.7 Å². The monoisotopic (exact) mass is 690 g/mol. The quantitative estimate of drug-likeness (QED) is 0.181. The Morgan fingerprint density at radius 1 is 0.404 bits per heavy atom. The summed E-state index contributed by atoms with van der Waals surface area (Å²) in [6.07, 6.45) is 0. The molecule has 246 valence electrons. The van der Waals surface area contributed by atoms with Crippen LogP contribution in [-0.2, 0) is 0 Å². The zero-order chi connectivity index (χ0) is 34.2. The number of hydrogen-bond donors (Lipinski definition) is 0. The van der Waals surface area contributed by atoms with Crippen LogP contribution >= 0.6 is 11.8 Å². The van der Waals surface area contributed by atoms with Crippen molar-refractivity contribution in [2.45, 2.75) is 9.79 Å². The van der Waals surface area contributed by atoms with E-state index in [0.717, 1.165) is 60.9 Å². The van der Waals surface area contributed by atoms with Crippen LogP contribution < -0.4 is 14.5 Å². The van der Waals surface area contributed by atoms with Crippen molar-refractivity contribution in [2.75, 3.05) is 9.80 Å². The third-order valence-corrected chi connectivity index (χ3v) is 10.6. The normalized spacial score (nSPS) is 13.0. The van der Waals surface area contributed by atoms with Gasteiger partial charge in [0.15, 0.2) is 22.7 Å². The molecule has 7 aromatic carbocycles. The van der Waals surface area contributed by atoms with Crippen molar-refractivity contribution in [1.82, 2.24) is 9.97 Å². The summed E-state index contributed by atoms with van der Waals surface area (Å²) in [5, 5.41) is 0. The van der Waals surface area contributed by atoms with Crippen molar-refractivity contribution in [1.29, 1.82) is 0 Å². The molecule has 0 unspecified atom stereocenters. The molecule has 2 aromatic heterocycles. The van der Waals surface area contributed by atoms with E-state index in [1.165, 1.54) is 0 Å². The number of hydrogen-bond acceptors (Lipinski definition) is 8. The minimum Gasteiger partial charge on any atom is -0.453 e. The standard InChI is InChI=1S/C44H26N4O3S/c1-3-15-27(16-4-1)43-45-37-39(47-29-19-7-11-23-33(29)49-34-24-12-8-20-30(34)47)41-38(46-44(50-41)28-17-5-2-6-18-28)40(42(37)51-43)48-31-21-9-13-25-35(31)52-36-26-14-10-22-32(36)48/h1-26H. The maximum absolute atomic E-state index is 7.00. The first-order valence-corrected chi connectivity index (χ1v) is 17.8. The van der Waals surface area contributed by atoms with Crippen molar-refractivity contribution in [3.63, 3.8) is 0 Å². The predicted octanol–water partition coefficient (Wildman–Crippen LogP) is 12.8. The van der Waals surface area contributed by atoms with E-state index in [1.54, 1.807) is 11.8 Å². The number of fused-ring (bicyclic) bond motifs is 6. The summed E-state index contributed by atoms with van der Waals surface area (Å²) in [6, 6.07) is 53.0. The van der Waals surface area contributed by atoms with Crippen molar-refractivity contribution < 1.29 is 13.6 Å². The Bertz CT molecular complexity index is 2490. The van der Waals surface area contributed by atoms with E-state index in [4.69, 9.17) is 23.5 Å². The van der Waals surface area contributed by atoms with E-state index in [2.05, 4.69) is 70.5 Å². The molecule has 52 heavy (non-hydrogen) atoms. The molecule has 0 fully saturated rings. The minimum atomic E-state index is 0.497. The number of aromatic nitrogens is 2. The highest BCUT2D eigenvalue weighted by Crippen LogP contribution is 2.59. The molecule has 0 saturated carbocycles. The second-order valence-electron chi connectivity index (χ2n) is 12.6. The molecule has 4 heterocycles. The smallest absolute Gasteiger partial charge is 0.227 e. The van der Waals surface area contributed by atoms with Crippen molar-refractivity contribution in [2.24, 2.45) is 0 Å². The Morgan fingerprint density at radius 2 is 0.788 bits per heavy atom. The highest BCUT2D eigenvalue weighted by atomic mass is 32.2. The molecular weight excluding hydrogens is 665 g/mol. The molecule has 0 amide bonds. The van der Waals surface area contributed by atoms with Gasteiger partial charge in [0.25, 0.3) is 0 Å². The lowest BCUT2D eigenvalue weighted by atomic mass is 10.1. The van der Waals surface area contributed by atoms with Gasteiger partial charge in [-0.3, -0.25) is 4.90 Å². The predicted molar refractivity (Wildman–Crippen MR) is 206 cm³/mol. The van der Waals surface area contributed by atoms with Gasteiger partial charge < -0.3 is 18.5 Å². The molecule has 0 spiro atoms. The lowest BCUT2D eigenvalue weighted by Crippen LogP contribution is -2.18. The van der Waals surface area contributed by atoms with Crippen molar-refractivity contribution in [3.05, 3.63) is 158 Å². The number of nitrogens with zero attached hydrogens (tertiary/aromatic N) is 4. The highest BCUT2D eigenvalue weighted by Gasteiger charge is 2.37. The summed E-state index contributed by atoms with van der Waals surface area (Å²) in [4.78, 5) is 17.4. The molecule has 0 bridgehead atoms. The summed E-state index contributed by atoms with van der Waals surface area (Å²) in [5.74, 6) is 2.43. The fourth-order valence-corrected chi connectivity index (χ4v) is 8.27. The second-order valence-corrected chi connectivity index (χ2v) is 13.7. The molecule has 11 rings (SSSR count). The second kappa shape index (κ2) is 11.4. The Morgan fingerprint density at radius 3 is 1.27 bits per heavy atom. The summed E-state index contributed by atoms with van der Waals surface area (Å²) in [6.45, 7) is 0. The van der Waals surface area contributed by atoms with Crippen LogP contribution in [-0.4, -0.2) is 9.97 Å². The van der Waals surface area contributed by atoms with E-state index in [1.807, 2.05) is 97.1 Å². The van der Waals surface area contributed by atoms with Gasteiger partial charge in [-0.15, -0.1) is 0 Å². The van der Waals surface area contributed by atoms with Crippen LogP contribution in [0, 0.1) is 0 Å². The van der Waals surface area contributed by atoms with Crippen LogP contribution in [0.1, 0.15) is 0 Å². The summed E-state index contributed by atoms with van der Waals surface area (Å²) in [7, 11) is 0. The zero-order valence-electron chi connectivity index (χ0n) is 27.4. The van der Waals surface area contributed by atoms with Crippen LogP contribution in [0.4, 0.5) is 34.1 Å². The van der Waals surface area contributed by atoms with Gasteiger partial charge in [-0.1, -0.05) is 96.7 Å². The zero-order valence-corrected chi connectivity index (χ0v) is 28.2. The van der Waals surface area contributed by atoms with Gasteiger partial charge >= 0.3 is 0 Å². The average molecular weight is 691 g/mol. The fourth-order valence-electron chi connectivity index (χ4n) is 7.21. The van der Waals surface area contributed by atoms with Crippen LogP contribution in [0.3, 0.4) is 0 Å². The lowest BCUT2D eigenvalue weighted by Gasteiger charge is -2.34. The van der Waals surface area contributed by atoms with Gasteiger partial charge in [-0.05, 0) is 72.8 Å². The first kappa shape index (κ1) is 29.0. The number of rotatable bonds is 4. The van der Waals surface area contributed by atoms with Gasteiger partial charge in [0.1, 0.15) is 22.4 Å². The maximum atomic E-state index is 7.00. The molecular formula is C44H26N4O3S. The summed E-state index contributed by atoms with van der Waals surface area (Å²) >= 11 is 1.75. The molecule has 0 saturated heterocycles. The Kier molecular flexibility index (Phi) is 6.35. The van der Waals surface area contributed by atoms with Crippen LogP contribution in [0.2, 0.25) is 0 Å². The molecule has 0 aliphatic carbocycles. The molecule has 2 aliphatic heterocycles. The number of anilines is 6. The number of para-hydroxylation sites is 6. The molecule has 8 heteroatoms. The lowest BCUT2D eigenvalue weighted by molar-refractivity contribution is 0.477. The van der Waals surface area contributed by atoms with Gasteiger partial charge in [0, 0.05) is 20.9 Å². The molecule has 7 nitrogen and oxygen atoms in total. The first-order chi connectivity index (χ1) is 25.8. The molecule has 2 aliphatic rings. The third kappa shape index (κ3) is 4.34. The molecule has 9 aromatic rings. The van der Waals surface area contributed by atoms with Crippen LogP contribution in [0.15, 0.2) is 176 Å². The molecule has 0 atom stereocenters. The highest BCUT2D eigenvalue weighted by molar-refractivity contribution is 7.99. The van der Waals surface area contributed by atoms with E-state index < -0.39 is 0 Å². The Hall–Kier alpha value is -6.77. The van der Waals surface area contributed by atoms with Crippen molar-refractivity contribution >= 4 is 68.1 Å².